The van der Waals surface area contributed by atoms with Crippen molar-refractivity contribution in [1.29, 1.82) is 0 Å². The second-order valence-corrected chi connectivity index (χ2v) is 8.99. The fourth-order valence-electron chi connectivity index (χ4n) is 1.97. The smallest absolute Gasteiger partial charge is 0.206 e. The zero-order valence-corrected chi connectivity index (χ0v) is 15.8. The minimum atomic E-state index is -0.182. The van der Waals surface area contributed by atoms with Crippen molar-refractivity contribution in [1.82, 2.24) is 10.2 Å². The van der Waals surface area contributed by atoms with E-state index in [-0.39, 0.29) is 16.6 Å². The molecular formula is C17H23N3OS2. The fourth-order valence-corrected chi connectivity index (χ4v) is 4.15. The summed E-state index contributed by atoms with van der Waals surface area (Å²) in [4.78, 5) is 12.5. The summed E-state index contributed by atoms with van der Waals surface area (Å²) in [6, 6.07) is 7.84. The van der Waals surface area contributed by atoms with Crippen molar-refractivity contribution in [2.24, 2.45) is 0 Å². The molecule has 0 bridgehead atoms. The number of Topliss-reactive ketones (excluding diaryl/α,β-unsaturated/α-hetero) is 1. The Kier molecular flexibility index (Phi) is 5.81. The Morgan fingerprint density at radius 2 is 1.91 bits per heavy atom. The Labute approximate surface area is 146 Å². The van der Waals surface area contributed by atoms with E-state index >= 15 is 0 Å². The predicted molar refractivity (Wildman–Crippen MR) is 98.8 cm³/mol. The maximum Gasteiger partial charge on any atom is 0.206 e. The SMILES string of the molecule is CCc1ccc(C(=O)C(C)Sc2nnc(NC(C)(C)C)s2)cc1. The molecule has 0 saturated heterocycles. The van der Waals surface area contributed by atoms with Gasteiger partial charge in [-0.1, -0.05) is 54.3 Å². The highest BCUT2D eigenvalue weighted by atomic mass is 32.2. The van der Waals surface area contributed by atoms with E-state index in [4.69, 9.17) is 0 Å². The van der Waals surface area contributed by atoms with Crippen LogP contribution in [0.4, 0.5) is 5.13 Å². The van der Waals surface area contributed by atoms with E-state index in [1.165, 1.54) is 28.7 Å². The van der Waals surface area contributed by atoms with Crippen molar-refractivity contribution >= 4 is 34.0 Å². The Morgan fingerprint density at radius 3 is 2.48 bits per heavy atom. The Balaban J connectivity index is 2.00. The normalized spacial score (nSPS) is 12.9. The lowest BCUT2D eigenvalue weighted by atomic mass is 10.1. The van der Waals surface area contributed by atoms with Gasteiger partial charge in [-0.15, -0.1) is 10.2 Å². The van der Waals surface area contributed by atoms with Gasteiger partial charge in [-0.2, -0.15) is 0 Å². The summed E-state index contributed by atoms with van der Waals surface area (Å²) in [6.45, 7) is 10.3. The predicted octanol–water partition coefficient (Wildman–Crippen LogP) is 4.67. The molecule has 0 amide bonds. The third-order valence-corrected chi connectivity index (χ3v) is 5.20. The Bertz CT molecular complexity index is 659. The first-order chi connectivity index (χ1) is 10.8. The van der Waals surface area contributed by atoms with E-state index in [9.17, 15) is 4.79 Å². The van der Waals surface area contributed by atoms with E-state index in [0.717, 1.165) is 21.5 Å². The van der Waals surface area contributed by atoms with Crippen LogP contribution in [0.5, 0.6) is 0 Å². The molecule has 1 atom stereocenters. The summed E-state index contributed by atoms with van der Waals surface area (Å²) in [5, 5.41) is 12.2. The highest BCUT2D eigenvalue weighted by Gasteiger charge is 2.20. The topological polar surface area (TPSA) is 54.9 Å². The van der Waals surface area contributed by atoms with Gasteiger partial charge in [0.1, 0.15) is 0 Å². The molecule has 0 aliphatic rings. The van der Waals surface area contributed by atoms with E-state index in [2.05, 4.69) is 43.2 Å². The molecule has 1 unspecified atom stereocenters. The second-order valence-electron chi connectivity index (χ2n) is 6.42. The monoisotopic (exact) mass is 349 g/mol. The summed E-state index contributed by atoms with van der Waals surface area (Å²) in [6.07, 6.45) is 0.979. The third-order valence-electron chi connectivity index (χ3n) is 3.18. The highest BCUT2D eigenvalue weighted by molar-refractivity contribution is 8.02. The summed E-state index contributed by atoms with van der Waals surface area (Å²) >= 11 is 2.94. The van der Waals surface area contributed by atoms with Crippen LogP contribution >= 0.6 is 23.1 Å². The van der Waals surface area contributed by atoms with Crippen molar-refractivity contribution in [3.63, 3.8) is 0 Å². The van der Waals surface area contributed by atoms with Crippen LogP contribution < -0.4 is 5.32 Å². The molecule has 0 spiro atoms. The zero-order chi connectivity index (χ0) is 17.0. The van der Waals surface area contributed by atoms with Gasteiger partial charge < -0.3 is 5.32 Å². The lowest BCUT2D eigenvalue weighted by Crippen LogP contribution is -2.25. The molecule has 0 saturated carbocycles. The van der Waals surface area contributed by atoms with E-state index in [1.807, 2.05) is 31.2 Å². The van der Waals surface area contributed by atoms with Crippen LogP contribution in [-0.2, 0) is 6.42 Å². The molecule has 1 aromatic carbocycles. The summed E-state index contributed by atoms with van der Waals surface area (Å²) in [5.74, 6) is 0.123. The number of aromatic nitrogens is 2. The molecule has 0 fully saturated rings. The lowest BCUT2D eigenvalue weighted by Gasteiger charge is -2.18. The molecule has 2 aromatic rings. The number of ketones is 1. The van der Waals surface area contributed by atoms with Gasteiger partial charge in [-0.25, -0.2) is 0 Å². The van der Waals surface area contributed by atoms with Crippen LogP contribution in [0, 0.1) is 0 Å². The first-order valence-electron chi connectivity index (χ1n) is 7.70. The van der Waals surface area contributed by atoms with Gasteiger partial charge in [-0.3, -0.25) is 4.79 Å². The quantitative estimate of drug-likeness (QED) is 0.606. The Morgan fingerprint density at radius 1 is 1.26 bits per heavy atom. The van der Waals surface area contributed by atoms with Gasteiger partial charge in [-0.05, 0) is 39.7 Å². The van der Waals surface area contributed by atoms with Gasteiger partial charge >= 0.3 is 0 Å². The molecule has 1 N–H and O–H groups in total. The number of hydrogen-bond donors (Lipinski definition) is 1. The van der Waals surface area contributed by atoms with E-state index < -0.39 is 0 Å². The zero-order valence-electron chi connectivity index (χ0n) is 14.2. The van der Waals surface area contributed by atoms with Crippen molar-refractivity contribution in [3.05, 3.63) is 35.4 Å². The minimum absolute atomic E-state index is 0.0517. The van der Waals surface area contributed by atoms with Crippen LogP contribution in [-0.4, -0.2) is 26.8 Å². The number of rotatable bonds is 6. The number of aryl methyl sites for hydroxylation is 1. The fraction of sp³-hybridized carbons (Fsp3) is 0.471. The molecule has 0 aliphatic carbocycles. The molecule has 124 valence electrons. The highest BCUT2D eigenvalue weighted by Crippen LogP contribution is 2.31. The molecule has 1 heterocycles. The summed E-state index contributed by atoms with van der Waals surface area (Å²) < 4.78 is 0.808. The van der Waals surface area contributed by atoms with Crippen molar-refractivity contribution in [2.45, 2.75) is 56.2 Å². The molecule has 23 heavy (non-hydrogen) atoms. The van der Waals surface area contributed by atoms with Crippen LogP contribution in [0.1, 0.15) is 50.5 Å². The minimum Gasteiger partial charge on any atom is -0.355 e. The first-order valence-corrected chi connectivity index (χ1v) is 9.39. The molecule has 0 aliphatic heterocycles. The number of carbonyl (C=O) groups excluding carboxylic acids is 1. The van der Waals surface area contributed by atoms with Gasteiger partial charge in [0.2, 0.25) is 5.13 Å². The van der Waals surface area contributed by atoms with Gasteiger partial charge in [0.05, 0.1) is 5.25 Å². The standard InChI is InChI=1S/C17H23N3OS2/c1-6-12-7-9-13(10-8-12)14(21)11(2)22-16-20-19-15(23-16)18-17(3,4)5/h7-11H,6H2,1-5H3,(H,18,19). The summed E-state index contributed by atoms with van der Waals surface area (Å²) in [5.41, 5.74) is 1.94. The number of nitrogens with zero attached hydrogens (tertiary/aromatic N) is 2. The number of nitrogens with one attached hydrogen (secondary N) is 1. The maximum atomic E-state index is 12.5. The maximum absolute atomic E-state index is 12.5. The van der Waals surface area contributed by atoms with Gasteiger partial charge in [0.15, 0.2) is 10.1 Å². The van der Waals surface area contributed by atoms with Gasteiger partial charge in [0.25, 0.3) is 0 Å². The average Bonchev–Trinajstić information content (AvgIpc) is 2.91. The van der Waals surface area contributed by atoms with Crippen molar-refractivity contribution in [3.8, 4) is 0 Å². The largest absolute Gasteiger partial charge is 0.355 e. The number of hydrogen-bond acceptors (Lipinski definition) is 6. The Hall–Kier alpha value is -1.40. The molecule has 6 heteroatoms. The molecule has 2 rings (SSSR count). The van der Waals surface area contributed by atoms with Crippen LogP contribution in [0.2, 0.25) is 0 Å². The lowest BCUT2D eigenvalue weighted by molar-refractivity contribution is 0.0994. The second kappa shape index (κ2) is 7.45. The summed E-state index contributed by atoms with van der Waals surface area (Å²) in [7, 11) is 0. The number of carbonyl (C=O) groups is 1. The van der Waals surface area contributed by atoms with Crippen LogP contribution in [0.3, 0.4) is 0 Å². The van der Waals surface area contributed by atoms with Crippen LogP contribution in [0.25, 0.3) is 0 Å². The number of thioether (sulfide) groups is 1. The average molecular weight is 350 g/mol. The van der Waals surface area contributed by atoms with Gasteiger partial charge in [0, 0.05) is 11.1 Å². The number of benzene rings is 1. The molecular weight excluding hydrogens is 326 g/mol. The third kappa shape index (κ3) is 5.32. The molecule has 1 aromatic heterocycles. The molecule has 4 nitrogen and oxygen atoms in total. The van der Waals surface area contributed by atoms with E-state index in [1.54, 1.807) is 0 Å². The van der Waals surface area contributed by atoms with Crippen LogP contribution in [0.15, 0.2) is 28.6 Å². The van der Waals surface area contributed by atoms with Crippen molar-refractivity contribution < 1.29 is 4.79 Å². The van der Waals surface area contributed by atoms with Crippen molar-refractivity contribution in [2.75, 3.05) is 5.32 Å². The first kappa shape index (κ1) is 17.9. The number of anilines is 1. The van der Waals surface area contributed by atoms with E-state index in [0.29, 0.717) is 0 Å². The molecule has 0 radical (unpaired) electrons.